The first-order chi connectivity index (χ1) is 12.0. The van der Waals surface area contributed by atoms with Crippen LogP contribution in [0, 0.1) is 0 Å². The molecule has 0 unspecified atom stereocenters. The number of para-hydroxylation sites is 1. The predicted molar refractivity (Wildman–Crippen MR) is 101 cm³/mol. The van der Waals surface area contributed by atoms with Crippen LogP contribution in [0.4, 0.5) is 18.9 Å². The molecule has 0 bridgehead atoms. The van der Waals surface area contributed by atoms with Crippen LogP contribution in [0.15, 0.2) is 53.0 Å². The van der Waals surface area contributed by atoms with E-state index in [1.807, 2.05) is 0 Å². The van der Waals surface area contributed by atoms with Crippen molar-refractivity contribution in [1.82, 2.24) is 5.32 Å². The van der Waals surface area contributed by atoms with Crippen molar-refractivity contribution in [2.45, 2.75) is 16.1 Å². The molecule has 0 aliphatic rings. The maximum Gasteiger partial charge on any atom is 0.418 e. The Balaban J connectivity index is 2.27. The van der Waals surface area contributed by atoms with Gasteiger partial charge in [-0.15, -0.1) is 0 Å². The highest BCUT2D eigenvalue weighted by molar-refractivity contribution is 9.10. The molecule has 0 fully saturated rings. The summed E-state index contributed by atoms with van der Waals surface area (Å²) in [5.74, 6) is -0.620. The topological polar surface area (TPSA) is 41.1 Å². The minimum Gasteiger partial charge on any atom is -0.361 e. The largest absolute Gasteiger partial charge is 0.418 e. The Kier molecular flexibility index (Phi) is 6.71. The molecular formula is C16H11BrCl3F3N2O. The van der Waals surface area contributed by atoms with Crippen LogP contribution >= 0.6 is 50.7 Å². The molecule has 140 valence electrons. The fourth-order valence-electron chi connectivity index (χ4n) is 2.03. The summed E-state index contributed by atoms with van der Waals surface area (Å²) in [6, 6.07) is 11.0. The van der Waals surface area contributed by atoms with Gasteiger partial charge in [0, 0.05) is 15.7 Å². The van der Waals surface area contributed by atoms with Gasteiger partial charge in [0.1, 0.15) is 6.17 Å². The lowest BCUT2D eigenvalue weighted by atomic mass is 10.1. The molecule has 3 nitrogen and oxygen atoms in total. The molecule has 2 aromatic carbocycles. The van der Waals surface area contributed by atoms with Crippen LogP contribution in [-0.2, 0) is 6.18 Å². The van der Waals surface area contributed by atoms with Gasteiger partial charge < -0.3 is 10.6 Å². The van der Waals surface area contributed by atoms with Crippen molar-refractivity contribution in [3.8, 4) is 0 Å². The van der Waals surface area contributed by atoms with E-state index in [0.29, 0.717) is 0 Å². The quantitative estimate of drug-likeness (QED) is 0.407. The molecule has 0 heterocycles. The van der Waals surface area contributed by atoms with Crippen LogP contribution in [0.5, 0.6) is 0 Å². The lowest BCUT2D eigenvalue weighted by molar-refractivity contribution is -0.137. The van der Waals surface area contributed by atoms with Crippen molar-refractivity contribution >= 4 is 62.3 Å². The SMILES string of the molecule is O=C(N[C@H](Nc1ccccc1C(F)(F)F)C(Cl)(Cl)Cl)c1ccc(Br)cc1. The number of benzene rings is 2. The third kappa shape index (κ3) is 5.67. The van der Waals surface area contributed by atoms with E-state index in [1.54, 1.807) is 12.1 Å². The van der Waals surface area contributed by atoms with Gasteiger partial charge in [0.25, 0.3) is 5.91 Å². The summed E-state index contributed by atoms with van der Waals surface area (Å²) in [5.41, 5.74) is -1.03. The second kappa shape index (κ2) is 8.25. The van der Waals surface area contributed by atoms with Gasteiger partial charge in [0.15, 0.2) is 0 Å². The molecule has 0 radical (unpaired) electrons. The number of hydrogen-bond acceptors (Lipinski definition) is 2. The number of halogens is 7. The van der Waals surface area contributed by atoms with Gasteiger partial charge in [-0.25, -0.2) is 0 Å². The van der Waals surface area contributed by atoms with Crippen molar-refractivity contribution in [2.75, 3.05) is 5.32 Å². The van der Waals surface area contributed by atoms with Crippen LogP contribution in [0.2, 0.25) is 0 Å². The van der Waals surface area contributed by atoms with Crippen LogP contribution in [-0.4, -0.2) is 15.9 Å². The van der Waals surface area contributed by atoms with Crippen LogP contribution in [0.1, 0.15) is 15.9 Å². The lowest BCUT2D eigenvalue weighted by Crippen LogP contribution is -2.49. The first kappa shape index (κ1) is 21.2. The van der Waals surface area contributed by atoms with Crippen LogP contribution in [0.3, 0.4) is 0 Å². The highest BCUT2D eigenvalue weighted by Gasteiger charge is 2.38. The first-order valence-electron chi connectivity index (χ1n) is 7.04. The van der Waals surface area contributed by atoms with Gasteiger partial charge in [0.2, 0.25) is 3.79 Å². The van der Waals surface area contributed by atoms with E-state index < -0.39 is 27.6 Å². The summed E-state index contributed by atoms with van der Waals surface area (Å²) >= 11 is 20.7. The summed E-state index contributed by atoms with van der Waals surface area (Å²) in [5, 5.41) is 4.84. The predicted octanol–water partition coefficient (Wildman–Crippen LogP) is 6.01. The average Bonchev–Trinajstić information content (AvgIpc) is 2.53. The monoisotopic (exact) mass is 488 g/mol. The third-order valence-electron chi connectivity index (χ3n) is 3.24. The van der Waals surface area contributed by atoms with E-state index in [9.17, 15) is 18.0 Å². The second-order valence-electron chi connectivity index (χ2n) is 5.14. The Morgan fingerprint density at radius 1 is 1.00 bits per heavy atom. The second-order valence-corrected chi connectivity index (χ2v) is 8.43. The summed E-state index contributed by atoms with van der Waals surface area (Å²) in [7, 11) is 0. The van der Waals surface area contributed by atoms with Crippen molar-refractivity contribution in [1.29, 1.82) is 0 Å². The molecule has 1 atom stereocenters. The van der Waals surface area contributed by atoms with Crippen LogP contribution in [0.25, 0.3) is 0 Å². The molecule has 0 saturated carbocycles. The number of rotatable bonds is 4. The molecule has 0 aliphatic carbocycles. The Morgan fingerprint density at radius 3 is 2.12 bits per heavy atom. The fourth-order valence-corrected chi connectivity index (χ4v) is 2.62. The molecule has 0 aliphatic heterocycles. The molecule has 0 spiro atoms. The van der Waals surface area contributed by atoms with Gasteiger partial charge in [-0.2, -0.15) is 13.2 Å². The Hall–Kier alpha value is -1.15. The Morgan fingerprint density at radius 2 is 1.58 bits per heavy atom. The summed E-state index contributed by atoms with van der Waals surface area (Å²) < 4.78 is 38.0. The van der Waals surface area contributed by atoms with Crippen molar-refractivity contribution in [3.05, 3.63) is 64.1 Å². The summed E-state index contributed by atoms with van der Waals surface area (Å²) in [6.07, 6.45) is -6.02. The molecule has 0 saturated heterocycles. The van der Waals surface area contributed by atoms with Crippen molar-refractivity contribution in [3.63, 3.8) is 0 Å². The fraction of sp³-hybridized carbons (Fsp3) is 0.188. The van der Waals surface area contributed by atoms with E-state index in [1.165, 1.54) is 30.3 Å². The van der Waals surface area contributed by atoms with Gasteiger partial charge in [-0.05, 0) is 36.4 Å². The first-order valence-corrected chi connectivity index (χ1v) is 8.97. The number of anilines is 1. The van der Waals surface area contributed by atoms with E-state index in [4.69, 9.17) is 34.8 Å². The molecule has 26 heavy (non-hydrogen) atoms. The van der Waals surface area contributed by atoms with E-state index in [-0.39, 0.29) is 11.3 Å². The third-order valence-corrected chi connectivity index (χ3v) is 4.42. The molecular weight excluding hydrogens is 479 g/mol. The number of nitrogens with one attached hydrogen (secondary N) is 2. The van der Waals surface area contributed by atoms with E-state index in [2.05, 4.69) is 26.6 Å². The molecule has 2 rings (SSSR count). The summed E-state index contributed by atoms with van der Waals surface area (Å²) in [4.78, 5) is 12.3. The normalized spacial score (nSPS) is 13.2. The van der Waals surface area contributed by atoms with Gasteiger partial charge in [-0.3, -0.25) is 4.79 Å². The lowest BCUT2D eigenvalue weighted by Gasteiger charge is -2.28. The van der Waals surface area contributed by atoms with Gasteiger partial charge in [-0.1, -0.05) is 62.9 Å². The highest BCUT2D eigenvalue weighted by Crippen LogP contribution is 2.37. The summed E-state index contributed by atoms with van der Waals surface area (Å²) in [6.45, 7) is 0. The number of carbonyl (C=O) groups is 1. The minimum atomic E-state index is -4.61. The smallest absolute Gasteiger partial charge is 0.361 e. The Labute approximate surface area is 170 Å². The van der Waals surface area contributed by atoms with Gasteiger partial charge >= 0.3 is 6.18 Å². The Bertz CT molecular complexity index is 780. The average molecular weight is 491 g/mol. The standard InChI is InChI=1S/C16H11BrCl3F3N2O/c17-10-7-5-9(6-8-10)13(26)25-14(15(18,19)20)24-12-4-2-1-3-11(12)16(21,22)23/h1-8,14,24H,(H,25,26)/t14-/m0/s1. The van der Waals surface area contributed by atoms with E-state index in [0.717, 1.165) is 10.5 Å². The zero-order chi connectivity index (χ0) is 19.5. The number of alkyl halides is 6. The minimum absolute atomic E-state index is 0.248. The van der Waals surface area contributed by atoms with E-state index >= 15 is 0 Å². The zero-order valence-corrected chi connectivity index (χ0v) is 16.6. The van der Waals surface area contributed by atoms with Crippen LogP contribution < -0.4 is 10.6 Å². The zero-order valence-electron chi connectivity index (χ0n) is 12.8. The molecule has 2 N–H and O–H groups in total. The highest BCUT2D eigenvalue weighted by atomic mass is 79.9. The maximum absolute atomic E-state index is 13.1. The number of hydrogen-bond donors (Lipinski definition) is 2. The van der Waals surface area contributed by atoms with Crippen molar-refractivity contribution < 1.29 is 18.0 Å². The molecule has 0 aromatic heterocycles. The molecule has 1 amide bonds. The molecule has 10 heteroatoms. The number of amides is 1. The van der Waals surface area contributed by atoms with Gasteiger partial charge in [0.05, 0.1) is 5.56 Å². The molecule has 2 aromatic rings. The number of carbonyl (C=O) groups excluding carboxylic acids is 1. The van der Waals surface area contributed by atoms with Crippen molar-refractivity contribution in [2.24, 2.45) is 0 Å². The maximum atomic E-state index is 13.1.